The lowest BCUT2D eigenvalue weighted by Crippen LogP contribution is -2.23. The van der Waals surface area contributed by atoms with E-state index in [1.165, 1.54) is 25.7 Å². The maximum absolute atomic E-state index is 11.4. The zero-order chi connectivity index (χ0) is 12.5. The molecule has 2 N–H and O–H groups in total. The molecule has 4 nitrogen and oxygen atoms in total. The van der Waals surface area contributed by atoms with Gasteiger partial charge in [-0.15, -0.1) is 0 Å². The van der Waals surface area contributed by atoms with Gasteiger partial charge >= 0.3 is 0 Å². The number of hydrogen-bond donors (Lipinski definition) is 2. The second kappa shape index (κ2) is 4.61. The lowest BCUT2D eigenvalue weighted by Gasteiger charge is -2.23. The Balaban J connectivity index is 1.86. The summed E-state index contributed by atoms with van der Waals surface area (Å²) in [5.41, 5.74) is 2.60. The van der Waals surface area contributed by atoms with E-state index in [0.717, 1.165) is 24.5 Å². The molecule has 1 saturated heterocycles. The fraction of sp³-hybridized carbons (Fsp3) is 0.500. The highest BCUT2D eigenvalue weighted by atomic mass is 16.3. The van der Waals surface area contributed by atoms with Crippen molar-refractivity contribution in [1.82, 2.24) is 0 Å². The van der Waals surface area contributed by atoms with Gasteiger partial charge in [-0.3, -0.25) is 4.79 Å². The van der Waals surface area contributed by atoms with Gasteiger partial charge in [0.1, 0.15) is 0 Å². The van der Waals surface area contributed by atoms with Crippen LogP contribution in [-0.2, 0) is 4.79 Å². The Labute approximate surface area is 107 Å². The van der Waals surface area contributed by atoms with Gasteiger partial charge in [0, 0.05) is 30.0 Å². The fourth-order valence-corrected chi connectivity index (χ4v) is 2.76. The number of nitrogens with zero attached hydrogens (tertiary/aromatic N) is 1. The molecule has 1 aromatic carbocycles. The van der Waals surface area contributed by atoms with Crippen molar-refractivity contribution in [1.29, 1.82) is 0 Å². The van der Waals surface area contributed by atoms with Gasteiger partial charge in [0.25, 0.3) is 5.91 Å². The highest BCUT2D eigenvalue weighted by Crippen LogP contribution is 2.34. The van der Waals surface area contributed by atoms with Gasteiger partial charge in [-0.2, -0.15) is 0 Å². The maximum atomic E-state index is 11.4. The summed E-state index contributed by atoms with van der Waals surface area (Å²) in [4.78, 5) is 13.8. The standard InChI is InChI=1S/C14H18N2O2/c17-13-11-6-5-10(9-12(11)15-14(13)18)16-7-3-1-2-4-8-16/h5-6,9,13,17H,1-4,7-8H2,(H,15,18). The number of fused-ring (bicyclic) bond motifs is 1. The predicted octanol–water partition coefficient (Wildman–Crippen LogP) is 2.05. The molecule has 3 rings (SSSR count). The third kappa shape index (κ3) is 1.97. The lowest BCUT2D eigenvalue weighted by molar-refractivity contribution is -0.123. The van der Waals surface area contributed by atoms with E-state index in [1.807, 2.05) is 18.2 Å². The van der Waals surface area contributed by atoms with Gasteiger partial charge in [-0.1, -0.05) is 18.9 Å². The van der Waals surface area contributed by atoms with Gasteiger partial charge in [0.2, 0.25) is 0 Å². The van der Waals surface area contributed by atoms with Crippen molar-refractivity contribution in [2.24, 2.45) is 0 Å². The fourth-order valence-electron chi connectivity index (χ4n) is 2.76. The molecule has 1 unspecified atom stereocenters. The van der Waals surface area contributed by atoms with Gasteiger partial charge in [0.05, 0.1) is 0 Å². The normalized spacial score (nSPS) is 23.5. The molecule has 0 spiro atoms. The molecule has 2 heterocycles. The summed E-state index contributed by atoms with van der Waals surface area (Å²) in [7, 11) is 0. The molecule has 0 radical (unpaired) electrons. The van der Waals surface area contributed by atoms with Gasteiger partial charge in [0.15, 0.2) is 6.10 Å². The molecular formula is C14H18N2O2. The Morgan fingerprint density at radius 2 is 1.89 bits per heavy atom. The van der Waals surface area contributed by atoms with E-state index in [9.17, 15) is 9.90 Å². The van der Waals surface area contributed by atoms with Crippen molar-refractivity contribution in [3.63, 3.8) is 0 Å². The molecule has 96 valence electrons. The third-order valence-electron chi connectivity index (χ3n) is 3.81. The number of anilines is 2. The minimum atomic E-state index is -1.00. The number of aliphatic hydroxyl groups is 1. The minimum absolute atomic E-state index is 0.321. The molecule has 1 atom stereocenters. The number of benzene rings is 1. The molecule has 0 aromatic heterocycles. The van der Waals surface area contributed by atoms with Crippen LogP contribution in [0.25, 0.3) is 0 Å². The van der Waals surface area contributed by atoms with Crippen LogP contribution in [0.1, 0.15) is 37.4 Å². The average molecular weight is 246 g/mol. The number of nitrogens with one attached hydrogen (secondary N) is 1. The van der Waals surface area contributed by atoms with E-state index < -0.39 is 6.10 Å². The zero-order valence-electron chi connectivity index (χ0n) is 10.4. The van der Waals surface area contributed by atoms with Crippen LogP contribution in [-0.4, -0.2) is 24.1 Å². The van der Waals surface area contributed by atoms with Crippen molar-refractivity contribution in [3.8, 4) is 0 Å². The van der Waals surface area contributed by atoms with E-state index in [2.05, 4.69) is 10.2 Å². The molecule has 1 aromatic rings. The Bertz CT molecular complexity index is 465. The van der Waals surface area contributed by atoms with Gasteiger partial charge in [-0.25, -0.2) is 0 Å². The lowest BCUT2D eigenvalue weighted by atomic mass is 10.1. The number of aliphatic hydroxyl groups excluding tert-OH is 1. The molecule has 4 heteroatoms. The highest BCUT2D eigenvalue weighted by Gasteiger charge is 2.28. The van der Waals surface area contributed by atoms with Gasteiger partial charge < -0.3 is 15.3 Å². The molecule has 0 bridgehead atoms. The average Bonchev–Trinajstić information content (AvgIpc) is 2.61. The second-order valence-corrected chi connectivity index (χ2v) is 5.06. The molecule has 0 aliphatic carbocycles. The van der Waals surface area contributed by atoms with Crippen molar-refractivity contribution < 1.29 is 9.90 Å². The van der Waals surface area contributed by atoms with Crippen LogP contribution in [0.4, 0.5) is 11.4 Å². The first kappa shape index (κ1) is 11.5. The molecule has 2 aliphatic rings. The molecule has 2 aliphatic heterocycles. The summed E-state index contributed by atoms with van der Waals surface area (Å²) < 4.78 is 0. The summed E-state index contributed by atoms with van der Waals surface area (Å²) >= 11 is 0. The summed E-state index contributed by atoms with van der Waals surface area (Å²) in [6.07, 6.45) is 4.06. The summed E-state index contributed by atoms with van der Waals surface area (Å²) in [6.45, 7) is 2.16. The Morgan fingerprint density at radius 3 is 2.61 bits per heavy atom. The van der Waals surface area contributed by atoms with E-state index in [4.69, 9.17) is 0 Å². The summed E-state index contributed by atoms with van der Waals surface area (Å²) in [6, 6.07) is 5.85. The van der Waals surface area contributed by atoms with Crippen LogP contribution in [0.15, 0.2) is 18.2 Å². The largest absolute Gasteiger partial charge is 0.378 e. The van der Waals surface area contributed by atoms with Crippen molar-refractivity contribution in [2.45, 2.75) is 31.8 Å². The Kier molecular flexibility index (Phi) is 2.96. The quantitative estimate of drug-likeness (QED) is 0.797. The number of amides is 1. The number of carbonyl (C=O) groups excluding carboxylic acids is 1. The first-order valence-corrected chi connectivity index (χ1v) is 6.63. The van der Waals surface area contributed by atoms with Crippen LogP contribution >= 0.6 is 0 Å². The molecule has 18 heavy (non-hydrogen) atoms. The van der Waals surface area contributed by atoms with Gasteiger partial charge in [-0.05, 0) is 25.0 Å². The predicted molar refractivity (Wildman–Crippen MR) is 70.7 cm³/mol. The van der Waals surface area contributed by atoms with Crippen molar-refractivity contribution in [2.75, 3.05) is 23.3 Å². The molecule has 1 amide bonds. The second-order valence-electron chi connectivity index (χ2n) is 5.06. The van der Waals surface area contributed by atoms with E-state index in [1.54, 1.807) is 0 Å². The van der Waals surface area contributed by atoms with Crippen LogP contribution in [0.5, 0.6) is 0 Å². The number of hydrogen-bond acceptors (Lipinski definition) is 3. The van der Waals surface area contributed by atoms with Crippen LogP contribution in [0.3, 0.4) is 0 Å². The van der Waals surface area contributed by atoms with E-state index in [0.29, 0.717) is 5.56 Å². The Hall–Kier alpha value is -1.55. The first-order valence-electron chi connectivity index (χ1n) is 6.63. The molecule has 1 fully saturated rings. The number of carbonyl (C=O) groups is 1. The molecule has 0 saturated carbocycles. The maximum Gasteiger partial charge on any atom is 0.257 e. The monoisotopic (exact) mass is 246 g/mol. The van der Waals surface area contributed by atoms with E-state index >= 15 is 0 Å². The van der Waals surface area contributed by atoms with Crippen molar-refractivity contribution in [3.05, 3.63) is 23.8 Å². The third-order valence-corrected chi connectivity index (χ3v) is 3.81. The minimum Gasteiger partial charge on any atom is -0.378 e. The SMILES string of the molecule is O=C1Nc2cc(N3CCCCCC3)ccc2C1O. The van der Waals surface area contributed by atoms with Crippen LogP contribution in [0, 0.1) is 0 Å². The highest BCUT2D eigenvalue weighted by molar-refractivity contribution is 6.02. The summed E-state index contributed by atoms with van der Waals surface area (Å²) in [5, 5.41) is 12.4. The van der Waals surface area contributed by atoms with Crippen LogP contribution < -0.4 is 10.2 Å². The number of rotatable bonds is 1. The van der Waals surface area contributed by atoms with Crippen molar-refractivity contribution >= 4 is 17.3 Å². The summed E-state index contributed by atoms with van der Waals surface area (Å²) in [5.74, 6) is -0.321. The van der Waals surface area contributed by atoms with Crippen LogP contribution in [0.2, 0.25) is 0 Å². The topological polar surface area (TPSA) is 52.6 Å². The molecular weight excluding hydrogens is 228 g/mol. The smallest absolute Gasteiger partial charge is 0.257 e. The Morgan fingerprint density at radius 1 is 1.17 bits per heavy atom. The zero-order valence-corrected chi connectivity index (χ0v) is 10.4. The first-order chi connectivity index (χ1) is 8.75. The van der Waals surface area contributed by atoms with E-state index in [-0.39, 0.29) is 5.91 Å².